The third-order valence-corrected chi connectivity index (χ3v) is 6.46. The zero-order valence-electron chi connectivity index (χ0n) is 19.8. The number of aliphatic carboxylic acids is 1. The number of nitrogens with zero attached hydrogens (tertiary/aromatic N) is 2. The van der Waals surface area contributed by atoms with Gasteiger partial charge in [-0.3, -0.25) is 15.0 Å². The van der Waals surface area contributed by atoms with E-state index in [1.165, 1.54) is 12.1 Å². The quantitative estimate of drug-likeness (QED) is 0.226. The average molecular weight is 553 g/mol. The summed E-state index contributed by atoms with van der Waals surface area (Å²) in [7, 11) is -3.16. The van der Waals surface area contributed by atoms with E-state index in [2.05, 4.69) is 15.0 Å². The molecule has 1 heterocycles. The summed E-state index contributed by atoms with van der Waals surface area (Å²) in [4.78, 5) is 38.9. The largest absolute Gasteiger partial charge is 0.478 e. The standard InChI is InChI=1S/C23H28N6O6S.ClH/c24-22(25)29-11-3-4-15(14-29)13-26-19(30)9-10-20(31)27-23(21(32)33,28-36(34)35)18-8-7-16-5-1-2-6-17(16)12-18;/h1-2,5-8,12,15H,3-4,9-11,13-14H2,(H3,24,25)(H,26,30)(H,27,31)(H,32,33);1H/t15-,23-;/m0./s1. The van der Waals surface area contributed by atoms with E-state index in [0.29, 0.717) is 25.0 Å². The van der Waals surface area contributed by atoms with Crippen molar-refractivity contribution in [3.8, 4) is 0 Å². The van der Waals surface area contributed by atoms with Crippen LogP contribution in [0.15, 0.2) is 46.8 Å². The average Bonchev–Trinajstić information content (AvgIpc) is 2.85. The molecule has 12 nitrogen and oxygen atoms in total. The van der Waals surface area contributed by atoms with Crippen LogP contribution >= 0.6 is 12.4 Å². The van der Waals surface area contributed by atoms with E-state index in [-0.39, 0.29) is 42.7 Å². The summed E-state index contributed by atoms with van der Waals surface area (Å²) >= 11 is 0. The molecule has 2 amide bonds. The zero-order valence-corrected chi connectivity index (χ0v) is 21.5. The number of rotatable bonds is 9. The van der Waals surface area contributed by atoms with Gasteiger partial charge >= 0.3 is 16.5 Å². The number of nitrogens with one attached hydrogen (secondary N) is 3. The van der Waals surface area contributed by atoms with E-state index in [1.807, 2.05) is 0 Å². The molecule has 0 unspecified atom stereocenters. The topological polar surface area (TPSA) is 195 Å². The molecule has 0 aliphatic carbocycles. The number of likely N-dealkylation sites (tertiary alicyclic amines) is 1. The predicted molar refractivity (Wildman–Crippen MR) is 138 cm³/mol. The van der Waals surface area contributed by atoms with Crippen LogP contribution in [0.2, 0.25) is 0 Å². The number of carboxylic acid groups (broad SMARTS) is 1. The van der Waals surface area contributed by atoms with Gasteiger partial charge in [0.2, 0.25) is 11.8 Å². The Morgan fingerprint density at radius 3 is 2.46 bits per heavy atom. The van der Waals surface area contributed by atoms with Gasteiger partial charge in [0.05, 0.1) is 0 Å². The van der Waals surface area contributed by atoms with Crippen LogP contribution in [-0.4, -0.2) is 61.8 Å². The Balaban J connectivity index is 0.00000481. The Morgan fingerprint density at radius 2 is 1.81 bits per heavy atom. The molecular formula is C23H29ClN6O6S. The first-order chi connectivity index (χ1) is 17.1. The zero-order chi connectivity index (χ0) is 26.3. The fraction of sp³-hybridized carbons (Fsp3) is 0.391. The molecule has 0 radical (unpaired) electrons. The predicted octanol–water partition coefficient (Wildman–Crippen LogP) is 1.18. The van der Waals surface area contributed by atoms with Crippen LogP contribution in [0.4, 0.5) is 0 Å². The number of hydrogen-bond acceptors (Lipinski definition) is 7. The summed E-state index contributed by atoms with van der Waals surface area (Å²) in [5.74, 6) is -2.86. The van der Waals surface area contributed by atoms with Crippen molar-refractivity contribution in [1.29, 1.82) is 5.41 Å². The highest BCUT2D eigenvalue weighted by Gasteiger charge is 2.43. The van der Waals surface area contributed by atoms with E-state index in [1.54, 1.807) is 35.2 Å². The number of carbonyl (C=O) groups excluding carboxylic acids is 2. The van der Waals surface area contributed by atoms with Crippen LogP contribution in [0.5, 0.6) is 0 Å². The molecule has 0 saturated carbocycles. The number of amides is 2. The van der Waals surface area contributed by atoms with Gasteiger partial charge in [-0.25, -0.2) is 4.79 Å². The van der Waals surface area contributed by atoms with Crippen molar-refractivity contribution in [1.82, 2.24) is 15.5 Å². The lowest BCUT2D eigenvalue weighted by Gasteiger charge is -2.33. The maximum absolute atomic E-state index is 12.7. The van der Waals surface area contributed by atoms with E-state index < -0.39 is 33.9 Å². The van der Waals surface area contributed by atoms with Gasteiger partial charge in [-0.05, 0) is 35.6 Å². The molecule has 1 aliphatic rings. The normalized spacial score (nSPS) is 16.5. The number of halogens is 1. The van der Waals surface area contributed by atoms with Crippen molar-refractivity contribution in [2.75, 3.05) is 19.6 Å². The van der Waals surface area contributed by atoms with E-state index >= 15 is 0 Å². The fourth-order valence-corrected chi connectivity index (χ4v) is 4.63. The first-order valence-electron chi connectivity index (χ1n) is 11.3. The molecular weight excluding hydrogens is 524 g/mol. The Hall–Kier alpha value is -3.71. The van der Waals surface area contributed by atoms with Crippen LogP contribution in [-0.2, 0) is 30.5 Å². The molecule has 3 rings (SSSR count). The molecule has 1 saturated heterocycles. The summed E-state index contributed by atoms with van der Waals surface area (Å²) in [5, 5.41) is 23.8. The first-order valence-corrected chi connectivity index (χ1v) is 12.4. The van der Waals surface area contributed by atoms with Crippen molar-refractivity contribution in [3.63, 3.8) is 0 Å². The number of hydrogen-bond donors (Lipinski definition) is 5. The number of guanidine groups is 1. The second-order valence-electron chi connectivity index (χ2n) is 8.58. The highest BCUT2D eigenvalue weighted by molar-refractivity contribution is 7.61. The summed E-state index contributed by atoms with van der Waals surface area (Å²) in [6.07, 6.45) is 1.10. The van der Waals surface area contributed by atoms with Crippen molar-refractivity contribution in [2.24, 2.45) is 16.0 Å². The lowest BCUT2D eigenvalue weighted by Crippen LogP contribution is -2.50. The minimum absolute atomic E-state index is 0. The van der Waals surface area contributed by atoms with Gasteiger partial charge in [0.25, 0.3) is 5.66 Å². The molecule has 0 aromatic heterocycles. The van der Waals surface area contributed by atoms with Gasteiger partial charge in [0.15, 0.2) is 5.96 Å². The van der Waals surface area contributed by atoms with Crippen LogP contribution < -0.4 is 16.4 Å². The number of carboxylic acids is 1. The third kappa shape index (κ3) is 7.64. The number of fused-ring (bicyclic) bond motifs is 1. The number of piperidine rings is 1. The van der Waals surface area contributed by atoms with Gasteiger partial charge in [-0.1, -0.05) is 36.4 Å². The fourth-order valence-electron chi connectivity index (χ4n) is 4.18. The summed E-state index contributed by atoms with van der Waals surface area (Å²) < 4.78 is 26.2. The SMILES string of the molecule is Cl.N=C(N)N1CCC[C@@H](CNC(=O)CCC(=O)N[C@@](N=S(=O)=O)(C(=O)O)c2ccc3ccccc3c2)C1. The number of carbonyl (C=O) groups is 3. The van der Waals surface area contributed by atoms with Crippen molar-refractivity contribution in [3.05, 3.63) is 48.0 Å². The smallest absolute Gasteiger partial charge is 0.358 e. The molecule has 1 fully saturated rings. The molecule has 37 heavy (non-hydrogen) atoms. The van der Waals surface area contributed by atoms with E-state index in [4.69, 9.17) is 11.1 Å². The Morgan fingerprint density at radius 1 is 1.14 bits per heavy atom. The molecule has 2 atom stereocenters. The summed E-state index contributed by atoms with van der Waals surface area (Å²) in [5.41, 5.74) is 2.89. The minimum Gasteiger partial charge on any atom is -0.478 e. The van der Waals surface area contributed by atoms with Crippen LogP contribution in [0.3, 0.4) is 0 Å². The van der Waals surface area contributed by atoms with Crippen molar-refractivity contribution in [2.45, 2.75) is 31.3 Å². The second kappa shape index (κ2) is 13.0. The van der Waals surface area contributed by atoms with Gasteiger partial charge in [0.1, 0.15) is 0 Å². The van der Waals surface area contributed by atoms with E-state index in [0.717, 1.165) is 18.2 Å². The van der Waals surface area contributed by atoms with Gasteiger partial charge in [0, 0.05) is 38.0 Å². The maximum Gasteiger partial charge on any atom is 0.358 e. The molecule has 2 aromatic rings. The Bertz CT molecular complexity index is 1310. The number of nitrogens with two attached hydrogens (primary N) is 1. The molecule has 0 spiro atoms. The highest BCUT2D eigenvalue weighted by Crippen LogP contribution is 2.28. The summed E-state index contributed by atoms with van der Waals surface area (Å²) in [6, 6.07) is 11.5. The highest BCUT2D eigenvalue weighted by atomic mass is 35.5. The monoisotopic (exact) mass is 552 g/mol. The van der Waals surface area contributed by atoms with Crippen molar-refractivity contribution < 1.29 is 27.9 Å². The van der Waals surface area contributed by atoms with E-state index in [9.17, 15) is 27.9 Å². The van der Waals surface area contributed by atoms with Gasteiger partial charge in [-0.2, -0.15) is 8.42 Å². The lowest BCUT2D eigenvalue weighted by molar-refractivity contribution is -0.147. The van der Waals surface area contributed by atoms with Crippen molar-refractivity contribution >= 4 is 57.4 Å². The maximum atomic E-state index is 12.7. The van der Waals surface area contributed by atoms with Gasteiger partial charge in [-0.15, -0.1) is 16.8 Å². The van der Waals surface area contributed by atoms with Crippen LogP contribution in [0.1, 0.15) is 31.2 Å². The Labute approximate surface area is 221 Å². The molecule has 2 aromatic carbocycles. The van der Waals surface area contributed by atoms with Crippen LogP contribution in [0.25, 0.3) is 10.8 Å². The molecule has 6 N–H and O–H groups in total. The second-order valence-corrected chi connectivity index (χ2v) is 9.19. The van der Waals surface area contributed by atoms with Gasteiger partial charge < -0.3 is 26.4 Å². The molecule has 200 valence electrons. The first kappa shape index (κ1) is 29.5. The summed E-state index contributed by atoms with van der Waals surface area (Å²) in [6.45, 7) is 1.60. The lowest BCUT2D eigenvalue weighted by atomic mass is 9.96. The third-order valence-electron chi connectivity index (χ3n) is 6.04. The molecule has 0 bridgehead atoms. The molecule has 1 aliphatic heterocycles. The van der Waals surface area contributed by atoms with Crippen LogP contribution in [0, 0.1) is 11.3 Å². The number of benzene rings is 2. The minimum atomic E-state index is -3.16. The Kier molecular flexibility index (Phi) is 10.4. The molecule has 14 heteroatoms.